The molecule has 0 fully saturated rings. The summed E-state index contributed by atoms with van der Waals surface area (Å²) in [5.74, 6) is 0.764. The van der Waals surface area contributed by atoms with Gasteiger partial charge in [0, 0.05) is 23.5 Å². The van der Waals surface area contributed by atoms with Crippen LogP contribution >= 0.6 is 22.9 Å². The van der Waals surface area contributed by atoms with E-state index >= 15 is 0 Å². The normalized spacial score (nSPS) is 11.5. The summed E-state index contributed by atoms with van der Waals surface area (Å²) in [5.41, 5.74) is 2.20. The Morgan fingerprint density at radius 3 is 2.67 bits per heavy atom. The van der Waals surface area contributed by atoms with Crippen LogP contribution in [0.5, 0.6) is 0 Å². The molecule has 0 spiro atoms. The van der Waals surface area contributed by atoms with E-state index in [0.717, 1.165) is 33.8 Å². The predicted octanol–water partition coefficient (Wildman–Crippen LogP) is 3.28. The van der Waals surface area contributed by atoms with Crippen molar-refractivity contribution < 1.29 is 0 Å². The van der Waals surface area contributed by atoms with Gasteiger partial charge in [-0.15, -0.1) is 11.3 Å². The lowest BCUT2D eigenvalue weighted by Gasteiger charge is -2.11. The van der Waals surface area contributed by atoms with Gasteiger partial charge < -0.3 is 10.6 Å². The maximum atomic E-state index is 5.98. The van der Waals surface area contributed by atoms with E-state index in [9.17, 15) is 0 Å². The smallest absolute Gasteiger partial charge is 0.191 e. The third kappa shape index (κ3) is 4.72. The third-order valence-corrected chi connectivity index (χ3v) is 4.30. The Labute approximate surface area is 134 Å². The molecule has 112 valence electrons. The second-order valence-corrected chi connectivity index (χ2v) is 6.37. The quantitative estimate of drug-likeness (QED) is 0.671. The van der Waals surface area contributed by atoms with Crippen LogP contribution in [0.25, 0.3) is 0 Å². The molecule has 2 N–H and O–H groups in total. The monoisotopic (exact) mass is 322 g/mol. The number of nitrogens with zero attached hydrogens (tertiary/aromatic N) is 2. The number of rotatable bonds is 4. The van der Waals surface area contributed by atoms with Gasteiger partial charge in [0.2, 0.25) is 0 Å². The molecule has 1 aromatic heterocycles. The Morgan fingerprint density at radius 1 is 1.29 bits per heavy atom. The summed E-state index contributed by atoms with van der Waals surface area (Å²) in [6, 6.07) is 7.79. The molecule has 0 aliphatic heterocycles. The van der Waals surface area contributed by atoms with E-state index in [0.29, 0.717) is 6.54 Å². The number of hydrogen-bond acceptors (Lipinski definition) is 3. The van der Waals surface area contributed by atoms with Gasteiger partial charge in [0.15, 0.2) is 5.96 Å². The van der Waals surface area contributed by atoms with Gasteiger partial charge in [-0.1, -0.05) is 23.7 Å². The van der Waals surface area contributed by atoms with Gasteiger partial charge >= 0.3 is 0 Å². The minimum atomic E-state index is 0.681. The van der Waals surface area contributed by atoms with Crippen LogP contribution in [0, 0.1) is 13.8 Å². The Bertz CT molecular complexity index is 636. The lowest BCUT2D eigenvalue weighted by Crippen LogP contribution is -2.36. The minimum absolute atomic E-state index is 0.681. The van der Waals surface area contributed by atoms with Gasteiger partial charge in [0.25, 0.3) is 0 Å². The van der Waals surface area contributed by atoms with Gasteiger partial charge in [-0.3, -0.25) is 4.99 Å². The van der Waals surface area contributed by atoms with Crippen LogP contribution in [-0.2, 0) is 13.1 Å². The topological polar surface area (TPSA) is 49.3 Å². The molecule has 0 radical (unpaired) electrons. The fourth-order valence-electron chi connectivity index (χ4n) is 1.95. The van der Waals surface area contributed by atoms with E-state index in [1.165, 1.54) is 4.88 Å². The predicted molar refractivity (Wildman–Crippen MR) is 90.1 cm³/mol. The summed E-state index contributed by atoms with van der Waals surface area (Å²) in [6.07, 6.45) is 0. The molecule has 1 aromatic carbocycles. The molecule has 0 aliphatic rings. The molecule has 4 nitrogen and oxygen atoms in total. The summed E-state index contributed by atoms with van der Waals surface area (Å²) in [6.45, 7) is 5.46. The number of nitrogens with one attached hydrogen (secondary N) is 2. The lowest BCUT2D eigenvalue weighted by molar-refractivity contribution is 0.811. The molecule has 0 saturated heterocycles. The van der Waals surface area contributed by atoms with E-state index in [2.05, 4.69) is 20.6 Å². The van der Waals surface area contributed by atoms with Gasteiger partial charge in [-0.25, -0.2) is 4.98 Å². The number of aromatic nitrogens is 1. The molecule has 6 heteroatoms. The number of thiazole rings is 1. The Morgan fingerprint density at radius 2 is 2.05 bits per heavy atom. The molecule has 0 amide bonds. The first kappa shape index (κ1) is 15.8. The first-order valence-corrected chi connectivity index (χ1v) is 7.90. The van der Waals surface area contributed by atoms with Crippen molar-refractivity contribution in [1.82, 2.24) is 15.6 Å². The van der Waals surface area contributed by atoms with Crippen LogP contribution < -0.4 is 10.6 Å². The second kappa shape index (κ2) is 7.43. The zero-order valence-electron chi connectivity index (χ0n) is 12.4. The van der Waals surface area contributed by atoms with Gasteiger partial charge in [-0.05, 0) is 31.5 Å². The highest BCUT2D eigenvalue weighted by Gasteiger charge is 2.05. The molecule has 0 aliphatic carbocycles. The van der Waals surface area contributed by atoms with Crippen LogP contribution in [0.2, 0.25) is 5.02 Å². The molecular weight excluding hydrogens is 304 g/mol. The van der Waals surface area contributed by atoms with Crippen LogP contribution in [-0.4, -0.2) is 18.0 Å². The van der Waals surface area contributed by atoms with E-state index < -0.39 is 0 Å². The number of aliphatic imine (C=N–C) groups is 1. The van der Waals surface area contributed by atoms with Gasteiger partial charge in [0.05, 0.1) is 17.2 Å². The van der Waals surface area contributed by atoms with Crippen LogP contribution in [0.15, 0.2) is 29.3 Å². The lowest BCUT2D eigenvalue weighted by atomic mass is 10.2. The number of halogens is 1. The van der Waals surface area contributed by atoms with Crippen molar-refractivity contribution in [1.29, 1.82) is 0 Å². The van der Waals surface area contributed by atoms with Crippen molar-refractivity contribution in [2.45, 2.75) is 26.9 Å². The molecule has 2 aromatic rings. The van der Waals surface area contributed by atoms with E-state index in [4.69, 9.17) is 11.6 Å². The molecular formula is C15H19ClN4S. The van der Waals surface area contributed by atoms with Crippen LogP contribution in [0.4, 0.5) is 0 Å². The van der Waals surface area contributed by atoms with Crippen molar-refractivity contribution >= 4 is 28.9 Å². The van der Waals surface area contributed by atoms with E-state index in [1.54, 1.807) is 18.4 Å². The molecule has 0 bridgehead atoms. The zero-order valence-corrected chi connectivity index (χ0v) is 14.0. The summed E-state index contributed by atoms with van der Waals surface area (Å²) in [7, 11) is 1.76. The fourth-order valence-corrected chi connectivity index (χ4v) is 3.04. The zero-order chi connectivity index (χ0) is 15.2. The fraction of sp³-hybridized carbons (Fsp3) is 0.333. The SMILES string of the molecule is CN=C(NCc1cccc(Cl)c1)NCc1sc(C)nc1C. The van der Waals surface area contributed by atoms with Crippen LogP contribution in [0.1, 0.15) is 21.1 Å². The molecule has 1 heterocycles. The largest absolute Gasteiger partial charge is 0.352 e. The average Bonchev–Trinajstić information content (AvgIpc) is 2.77. The Kier molecular flexibility index (Phi) is 5.59. The minimum Gasteiger partial charge on any atom is -0.352 e. The average molecular weight is 323 g/mol. The van der Waals surface area contributed by atoms with Gasteiger partial charge in [-0.2, -0.15) is 0 Å². The van der Waals surface area contributed by atoms with Gasteiger partial charge in [0.1, 0.15) is 0 Å². The van der Waals surface area contributed by atoms with Crippen molar-refractivity contribution in [3.63, 3.8) is 0 Å². The van der Waals surface area contributed by atoms with Crippen molar-refractivity contribution in [2.24, 2.45) is 4.99 Å². The summed E-state index contributed by atoms with van der Waals surface area (Å²) in [4.78, 5) is 9.88. The highest BCUT2D eigenvalue weighted by molar-refractivity contribution is 7.11. The molecule has 2 rings (SSSR count). The van der Waals surface area contributed by atoms with Crippen molar-refractivity contribution in [2.75, 3.05) is 7.05 Å². The number of aryl methyl sites for hydroxylation is 2. The van der Waals surface area contributed by atoms with Crippen LogP contribution in [0.3, 0.4) is 0 Å². The second-order valence-electron chi connectivity index (χ2n) is 4.65. The first-order chi connectivity index (χ1) is 10.1. The highest BCUT2D eigenvalue weighted by Crippen LogP contribution is 2.16. The van der Waals surface area contributed by atoms with E-state index in [1.807, 2.05) is 38.1 Å². The number of hydrogen-bond donors (Lipinski definition) is 2. The third-order valence-electron chi connectivity index (χ3n) is 2.99. The highest BCUT2D eigenvalue weighted by atomic mass is 35.5. The van der Waals surface area contributed by atoms with E-state index in [-0.39, 0.29) is 0 Å². The standard InChI is InChI=1S/C15H19ClN4S/c1-10-14(21-11(2)20-10)9-19-15(17-3)18-8-12-5-4-6-13(16)7-12/h4-7H,8-9H2,1-3H3,(H2,17,18,19). The Balaban J connectivity index is 1.88. The Hall–Kier alpha value is -1.59. The molecule has 0 saturated carbocycles. The molecule has 0 unspecified atom stereocenters. The first-order valence-electron chi connectivity index (χ1n) is 6.70. The maximum absolute atomic E-state index is 5.98. The molecule has 21 heavy (non-hydrogen) atoms. The number of benzene rings is 1. The molecule has 0 atom stereocenters. The van der Waals surface area contributed by atoms with Crippen molar-refractivity contribution in [3.05, 3.63) is 50.4 Å². The number of guanidine groups is 1. The van der Waals surface area contributed by atoms with Crippen molar-refractivity contribution in [3.8, 4) is 0 Å². The summed E-state index contributed by atoms with van der Waals surface area (Å²) < 4.78 is 0. The maximum Gasteiger partial charge on any atom is 0.191 e. The summed E-state index contributed by atoms with van der Waals surface area (Å²) in [5, 5.41) is 8.41. The summed E-state index contributed by atoms with van der Waals surface area (Å²) >= 11 is 7.69.